The highest BCUT2D eigenvalue weighted by molar-refractivity contribution is 5.32. The fourth-order valence-corrected chi connectivity index (χ4v) is 1.45. The Bertz CT molecular complexity index is 395. The lowest BCUT2D eigenvalue weighted by Crippen LogP contribution is -2.28. The lowest BCUT2D eigenvalue weighted by molar-refractivity contribution is 0.200. The smallest absolute Gasteiger partial charge is 0.229 e. The number of nitrogen functional groups attached to an aromatic ring is 1. The van der Waals surface area contributed by atoms with Crippen molar-refractivity contribution in [1.82, 2.24) is 19.9 Å². The van der Waals surface area contributed by atoms with Gasteiger partial charge in [-0.1, -0.05) is 6.08 Å². The molecule has 0 radical (unpaired) electrons. The molecule has 1 heterocycles. The first-order chi connectivity index (χ1) is 8.56. The topological polar surface area (TPSA) is 91.4 Å². The molecule has 0 saturated heterocycles. The summed E-state index contributed by atoms with van der Waals surface area (Å²) in [5.74, 6) is 1.31. The van der Waals surface area contributed by atoms with Crippen molar-refractivity contribution >= 4 is 11.9 Å². The minimum absolute atomic E-state index is 0.0783. The second-order valence-electron chi connectivity index (χ2n) is 4.05. The third-order valence-corrected chi connectivity index (χ3v) is 2.26. The largest absolute Gasteiger partial charge is 0.395 e. The molecule has 0 atom stereocenters. The van der Waals surface area contributed by atoms with Crippen LogP contribution in [0.25, 0.3) is 0 Å². The van der Waals surface area contributed by atoms with Crippen LogP contribution in [0.1, 0.15) is 5.82 Å². The van der Waals surface area contributed by atoms with E-state index in [1.807, 2.05) is 19.0 Å². The molecule has 0 aliphatic carbocycles. The molecule has 0 aliphatic heterocycles. The van der Waals surface area contributed by atoms with Crippen LogP contribution in [-0.4, -0.2) is 58.8 Å². The fourth-order valence-electron chi connectivity index (χ4n) is 1.45. The first kappa shape index (κ1) is 14.3. The Morgan fingerprint density at radius 1 is 1.33 bits per heavy atom. The van der Waals surface area contributed by atoms with E-state index in [1.165, 1.54) is 0 Å². The van der Waals surface area contributed by atoms with E-state index in [1.54, 1.807) is 11.0 Å². The van der Waals surface area contributed by atoms with Gasteiger partial charge in [0, 0.05) is 27.2 Å². The molecular formula is C11H20N6O. The number of anilines is 2. The third-order valence-electron chi connectivity index (χ3n) is 2.26. The molecule has 0 aromatic carbocycles. The SMILES string of the molecule is C=CCN(CCO)Cc1nc(N)nc(N(C)C)n1. The van der Waals surface area contributed by atoms with Gasteiger partial charge in [-0.2, -0.15) is 15.0 Å². The Balaban J connectivity index is 2.84. The van der Waals surface area contributed by atoms with Crippen molar-refractivity contribution in [2.24, 2.45) is 0 Å². The standard InChI is InChI=1S/C11H20N6O/c1-4-5-17(6-7-18)8-9-13-10(12)15-11(14-9)16(2)3/h4,18H,1,5-8H2,2-3H3,(H2,12,13,14,15). The molecule has 0 amide bonds. The number of rotatable bonds is 7. The van der Waals surface area contributed by atoms with Crippen molar-refractivity contribution in [2.75, 3.05) is 44.4 Å². The number of hydrogen-bond donors (Lipinski definition) is 2. The van der Waals surface area contributed by atoms with Crippen molar-refractivity contribution in [2.45, 2.75) is 6.54 Å². The molecule has 1 aromatic heterocycles. The molecule has 0 spiro atoms. The number of nitrogens with two attached hydrogens (primary N) is 1. The molecule has 100 valence electrons. The van der Waals surface area contributed by atoms with E-state index >= 15 is 0 Å². The van der Waals surface area contributed by atoms with Gasteiger partial charge in [-0.3, -0.25) is 4.90 Å². The summed E-state index contributed by atoms with van der Waals surface area (Å²) in [4.78, 5) is 16.2. The summed E-state index contributed by atoms with van der Waals surface area (Å²) in [5, 5.41) is 8.98. The molecule has 3 N–H and O–H groups in total. The summed E-state index contributed by atoms with van der Waals surface area (Å²) in [7, 11) is 3.68. The molecular weight excluding hydrogens is 232 g/mol. The van der Waals surface area contributed by atoms with Crippen LogP contribution in [0.2, 0.25) is 0 Å². The quantitative estimate of drug-likeness (QED) is 0.632. The average Bonchev–Trinajstić information content (AvgIpc) is 2.28. The number of aliphatic hydroxyl groups is 1. The predicted octanol–water partition coefficient (Wildman–Crippen LogP) is -0.500. The van der Waals surface area contributed by atoms with Gasteiger partial charge in [-0.05, 0) is 0 Å². The maximum atomic E-state index is 8.98. The maximum absolute atomic E-state index is 8.98. The zero-order chi connectivity index (χ0) is 13.5. The lowest BCUT2D eigenvalue weighted by atomic mass is 10.4. The Kier molecular flexibility index (Phi) is 5.47. The zero-order valence-electron chi connectivity index (χ0n) is 10.9. The van der Waals surface area contributed by atoms with Crippen molar-refractivity contribution in [3.8, 4) is 0 Å². The van der Waals surface area contributed by atoms with Gasteiger partial charge >= 0.3 is 0 Å². The monoisotopic (exact) mass is 252 g/mol. The third kappa shape index (κ3) is 4.27. The molecule has 0 fully saturated rings. The molecule has 1 aromatic rings. The first-order valence-electron chi connectivity index (χ1n) is 5.68. The van der Waals surface area contributed by atoms with Crippen molar-refractivity contribution < 1.29 is 5.11 Å². The van der Waals surface area contributed by atoms with Crippen LogP contribution >= 0.6 is 0 Å². The molecule has 18 heavy (non-hydrogen) atoms. The second-order valence-corrected chi connectivity index (χ2v) is 4.05. The number of hydrogen-bond acceptors (Lipinski definition) is 7. The minimum atomic E-state index is 0.0783. The van der Waals surface area contributed by atoms with Crippen LogP contribution in [0.15, 0.2) is 12.7 Å². The highest BCUT2D eigenvalue weighted by Gasteiger charge is 2.10. The van der Waals surface area contributed by atoms with Crippen molar-refractivity contribution in [3.05, 3.63) is 18.5 Å². The molecule has 0 saturated carbocycles. The molecule has 7 heteroatoms. The lowest BCUT2D eigenvalue weighted by Gasteiger charge is -2.19. The van der Waals surface area contributed by atoms with Crippen LogP contribution in [0, 0.1) is 0 Å². The summed E-state index contributed by atoms with van der Waals surface area (Å²) in [6.07, 6.45) is 1.77. The Hall–Kier alpha value is -1.73. The Morgan fingerprint density at radius 3 is 2.61 bits per heavy atom. The number of aliphatic hydroxyl groups excluding tert-OH is 1. The van der Waals surface area contributed by atoms with Gasteiger partial charge in [0.15, 0.2) is 0 Å². The van der Waals surface area contributed by atoms with Gasteiger partial charge in [0.05, 0.1) is 13.2 Å². The normalized spacial score (nSPS) is 10.7. The number of nitrogens with zero attached hydrogens (tertiary/aromatic N) is 5. The summed E-state index contributed by atoms with van der Waals surface area (Å²) in [6.45, 7) is 5.45. The van der Waals surface area contributed by atoms with Crippen LogP contribution in [0.5, 0.6) is 0 Å². The van der Waals surface area contributed by atoms with E-state index in [0.717, 1.165) is 0 Å². The summed E-state index contributed by atoms with van der Waals surface area (Å²) in [6, 6.07) is 0. The van der Waals surface area contributed by atoms with Crippen molar-refractivity contribution in [1.29, 1.82) is 0 Å². The van der Waals surface area contributed by atoms with Gasteiger partial charge < -0.3 is 15.7 Å². The van der Waals surface area contributed by atoms with Crippen LogP contribution in [-0.2, 0) is 6.54 Å². The number of aromatic nitrogens is 3. The van der Waals surface area contributed by atoms with E-state index in [9.17, 15) is 0 Å². The van der Waals surface area contributed by atoms with Gasteiger partial charge in [-0.15, -0.1) is 6.58 Å². The fraction of sp³-hybridized carbons (Fsp3) is 0.545. The second kappa shape index (κ2) is 6.87. The van der Waals surface area contributed by atoms with E-state index in [2.05, 4.69) is 21.5 Å². The highest BCUT2D eigenvalue weighted by Crippen LogP contribution is 2.07. The molecule has 7 nitrogen and oxygen atoms in total. The van der Waals surface area contributed by atoms with E-state index in [-0.39, 0.29) is 12.6 Å². The zero-order valence-corrected chi connectivity index (χ0v) is 10.9. The summed E-state index contributed by atoms with van der Waals surface area (Å²) >= 11 is 0. The summed E-state index contributed by atoms with van der Waals surface area (Å²) < 4.78 is 0. The van der Waals surface area contributed by atoms with Crippen molar-refractivity contribution in [3.63, 3.8) is 0 Å². The molecule has 0 unspecified atom stereocenters. The van der Waals surface area contributed by atoms with E-state index < -0.39 is 0 Å². The van der Waals surface area contributed by atoms with Crippen LogP contribution in [0.3, 0.4) is 0 Å². The van der Waals surface area contributed by atoms with Gasteiger partial charge in [0.25, 0.3) is 0 Å². The predicted molar refractivity (Wildman–Crippen MR) is 71.1 cm³/mol. The summed E-state index contributed by atoms with van der Waals surface area (Å²) in [5.41, 5.74) is 5.64. The van der Waals surface area contributed by atoms with Gasteiger partial charge in [-0.25, -0.2) is 0 Å². The minimum Gasteiger partial charge on any atom is -0.395 e. The Labute approximate surface area is 107 Å². The Morgan fingerprint density at radius 2 is 2.06 bits per heavy atom. The molecule has 0 aliphatic rings. The van der Waals surface area contributed by atoms with Crippen LogP contribution in [0.4, 0.5) is 11.9 Å². The van der Waals surface area contributed by atoms with Gasteiger partial charge in [0.1, 0.15) is 5.82 Å². The van der Waals surface area contributed by atoms with Crippen LogP contribution < -0.4 is 10.6 Å². The van der Waals surface area contributed by atoms with Gasteiger partial charge in [0.2, 0.25) is 11.9 Å². The molecule has 0 bridgehead atoms. The first-order valence-corrected chi connectivity index (χ1v) is 5.68. The highest BCUT2D eigenvalue weighted by atomic mass is 16.3. The average molecular weight is 252 g/mol. The van der Waals surface area contributed by atoms with E-state index in [4.69, 9.17) is 10.8 Å². The molecule has 1 rings (SSSR count). The maximum Gasteiger partial charge on any atom is 0.229 e. The van der Waals surface area contributed by atoms with E-state index in [0.29, 0.717) is 31.4 Å².